The Morgan fingerprint density at radius 2 is 1.88 bits per heavy atom. The van der Waals surface area contributed by atoms with E-state index in [1.165, 1.54) is 4.90 Å². The van der Waals surface area contributed by atoms with Gasteiger partial charge in [0.15, 0.2) is 0 Å². The molecule has 16 heavy (non-hydrogen) atoms. The first-order valence-corrected chi connectivity index (χ1v) is 6.20. The molecule has 5 nitrogen and oxygen atoms in total. The second kappa shape index (κ2) is 3.76. The van der Waals surface area contributed by atoms with Crippen LogP contribution in [0.1, 0.15) is 13.8 Å². The van der Waals surface area contributed by atoms with Crippen LogP contribution in [0.4, 0.5) is 4.79 Å². The molecule has 6 heteroatoms. The number of rotatable bonds is 1. The number of hydrogen-bond acceptors (Lipinski definition) is 4. The third-order valence-corrected chi connectivity index (χ3v) is 3.97. The number of likely N-dealkylation sites (N-methyl/N-ethyl adjacent to an activating group) is 1. The van der Waals surface area contributed by atoms with E-state index in [1.807, 2.05) is 13.8 Å². The molecule has 2 atom stereocenters. The van der Waals surface area contributed by atoms with Crippen LogP contribution in [0.15, 0.2) is 0 Å². The van der Waals surface area contributed by atoms with Gasteiger partial charge in [-0.25, -0.2) is 0 Å². The first-order chi connectivity index (χ1) is 7.45. The second-order valence-electron chi connectivity index (χ2n) is 4.44. The number of nitrogens with zero attached hydrogens (tertiary/aromatic N) is 2. The molecule has 0 aliphatic carbocycles. The molecular weight excluding hydrogens is 228 g/mol. The molecule has 0 spiro atoms. The lowest BCUT2D eigenvalue weighted by atomic mass is 9.97. The standard InChI is InChI=1S/C10H14N2O3S/c1-5(2)7-9(14)12-6(4-16-10(12)15)8(13)11(7)3/h5-7H,4H2,1-3H3. The Morgan fingerprint density at radius 3 is 2.44 bits per heavy atom. The van der Waals surface area contributed by atoms with E-state index in [2.05, 4.69) is 0 Å². The van der Waals surface area contributed by atoms with Gasteiger partial charge in [-0.15, -0.1) is 0 Å². The first kappa shape index (κ1) is 11.4. The highest BCUT2D eigenvalue weighted by Gasteiger charge is 2.51. The molecule has 3 amide bonds. The third kappa shape index (κ3) is 1.43. The molecule has 2 rings (SSSR count). The van der Waals surface area contributed by atoms with Gasteiger partial charge in [0, 0.05) is 12.8 Å². The zero-order valence-corrected chi connectivity index (χ0v) is 10.3. The highest BCUT2D eigenvalue weighted by atomic mass is 32.2. The summed E-state index contributed by atoms with van der Waals surface area (Å²) in [6.07, 6.45) is 0. The Balaban J connectivity index is 2.37. The van der Waals surface area contributed by atoms with Crippen LogP contribution in [-0.4, -0.2) is 51.7 Å². The predicted octanol–water partition coefficient (Wildman–Crippen LogP) is 0.547. The van der Waals surface area contributed by atoms with Crippen molar-refractivity contribution >= 4 is 28.8 Å². The highest BCUT2D eigenvalue weighted by Crippen LogP contribution is 2.31. The summed E-state index contributed by atoms with van der Waals surface area (Å²) in [5.74, 6) is 0.0352. The van der Waals surface area contributed by atoms with Crippen molar-refractivity contribution in [2.45, 2.75) is 25.9 Å². The quantitative estimate of drug-likeness (QED) is 0.673. The molecule has 2 aliphatic rings. The van der Waals surface area contributed by atoms with Crippen molar-refractivity contribution in [2.24, 2.45) is 5.92 Å². The maximum absolute atomic E-state index is 12.1. The van der Waals surface area contributed by atoms with Crippen LogP contribution in [-0.2, 0) is 9.59 Å². The summed E-state index contributed by atoms with van der Waals surface area (Å²) in [6.45, 7) is 3.75. The fourth-order valence-corrected chi connectivity index (χ4v) is 3.21. The average molecular weight is 242 g/mol. The predicted molar refractivity (Wildman–Crippen MR) is 59.9 cm³/mol. The number of imide groups is 1. The normalized spacial score (nSPS) is 30.4. The van der Waals surface area contributed by atoms with Gasteiger partial charge >= 0.3 is 0 Å². The van der Waals surface area contributed by atoms with Crippen LogP contribution >= 0.6 is 11.8 Å². The molecule has 2 saturated heterocycles. The van der Waals surface area contributed by atoms with Crippen molar-refractivity contribution in [1.29, 1.82) is 0 Å². The van der Waals surface area contributed by atoms with Gasteiger partial charge in [0.2, 0.25) is 5.91 Å². The molecule has 2 fully saturated rings. The van der Waals surface area contributed by atoms with E-state index in [0.29, 0.717) is 5.75 Å². The minimum absolute atomic E-state index is 0.0146. The van der Waals surface area contributed by atoms with Gasteiger partial charge in [0.25, 0.3) is 11.1 Å². The number of thioether (sulfide) groups is 1. The number of fused-ring (bicyclic) bond motifs is 1. The number of hydrogen-bond donors (Lipinski definition) is 0. The Bertz CT molecular complexity index is 369. The van der Waals surface area contributed by atoms with E-state index in [-0.39, 0.29) is 23.0 Å². The van der Waals surface area contributed by atoms with Crippen LogP contribution in [0.5, 0.6) is 0 Å². The summed E-state index contributed by atoms with van der Waals surface area (Å²) < 4.78 is 0. The molecule has 2 aliphatic heterocycles. The minimum atomic E-state index is -0.579. The lowest BCUT2D eigenvalue weighted by Gasteiger charge is -2.40. The summed E-state index contributed by atoms with van der Waals surface area (Å²) in [5.41, 5.74) is 0. The van der Waals surface area contributed by atoms with Crippen molar-refractivity contribution in [1.82, 2.24) is 9.80 Å². The van der Waals surface area contributed by atoms with E-state index < -0.39 is 12.1 Å². The van der Waals surface area contributed by atoms with E-state index >= 15 is 0 Å². The highest BCUT2D eigenvalue weighted by molar-refractivity contribution is 8.14. The zero-order valence-electron chi connectivity index (χ0n) is 9.47. The van der Waals surface area contributed by atoms with Gasteiger partial charge in [0.1, 0.15) is 12.1 Å². The number of piperazine rings is 1. The maximum Gasteiger partial charge on any atom is 0.289 e. The molecule has 0 radical (unpaired) electrons. The Morgan fingerprint density at radius 1 is 1.25 bits per heavy atom. The lowest BCUT2D eigenvalue weighted by Crippen LogP contribution is -2.64. The van der Waals surface area contributed by atoms with Crippen molar-refractivity contribution < 1.29 is 14.4 Å². The number of amides is 3. The van der Waals surface area contributed by atoms with Crippen LogP contribution in [0.2, 0.25) is 0 Å². The number of carbonyl (C=O) groups is 3. The average Bonchev–Trinajstić information content (AvgIpc) is 2.57. The molecule has 0 bridgehead atoms. The van der Waals surface area contributed by atoms with Crippen molar-refractivity contribution in [3.8, 4) is 0 Å². The van der Waals surface area contributed by atoms with E-state index in [4.69, 9.17) is 0 Å². The molecule has 2 heterocycles. The molecule has 0 aromatic rings. The largest absolute Gasteiger partial charge is 0.332 e. The topological polar surface area (TPSA) is 57.7 Å². The Hall–Kier alpha value is -1.04. The summed E-state index contributed by atoms with van der Waals surface area (Å²) in [6, 6.07) is -1.09. The third-order valence-electron chi connectivity index (χ3n) is 3.04. The molecule has 0 saturated carbocycles. The van der Waals surface area contributed by atoms with Crippen molar-refractivity contribution in [3.63, 3.8) is 0 Å². The molecule has 0 aromatic carbocycles. The Labute approximate surface area is 98.1 Å². The summed E-state index contributed by atoms with van der Waals surface area (Å²) >= 11 is 1.04. The summed E-state index contributed by atoms with van der Waals surface area (Å²) in [5, 5.41) is -0.290. The zero-order chi connectivity index (χ0) is 12.0. The molecule has 2 unspecified atom stereocenters. The van der Waals surface area contributed by atoms with Gasteiger partial charge in [-0.05, 0) is 5.92 Å². The van der Waals surface area contributed by atoms with Crippen LogP contribution in [0.3, 0.4) is 0 Å². The van der Waals surface area contributed by atoms with E-state index in [1.54, 1.807) is 7.05 Å². The first-order valence-electron chi connectivity index (χ1n) is 5.21. The molecule has 88 valence electrons. The van der Waals surface area contributed by atoms with Crippen molar-refractivity contribution in [3.05, 3.63) is 0 Å². The van der Waals surface area contributed by atoms with Gasteiger partial charge in [0.05, 0.1) is 0 Å². The van der Waals surface area contributed by atoms with E-state index in [0.717, 1.165) is 16.7 Å². The van der Waals surface area contributed by atoms with Crippen LogP contribution < -0.4 is 0 Å². The molecular formula is C10H14N2O3S. The van der Waals surface area contributed by atoms with Gasteiger partial charge in [-0.2, -0.15) is 0 Å². The summed E-state index contributed by atoms with van der Waals surface area (Å²) in [7, 11) is 1.63. The van der Waals surface area contributed by atoms with E-state index in [9.17, 15) is 14.4 Å². The maximum atomic E-state index is 12.1. The lowest BCUT2D eigenvalue weighted by molar-refractivity contribution is -0.156. The van der Waals surface area contributed by atoms with Gasteiger partial charge in [-0.1, -0.05) is 25.6 Å². The summed E-state index contributed by atoms with van der Waals surface area (Å²) in [4.78, 5) is 38.2. The Kier molecular flexibility index (Phi) is 2.69. The van der Waals surface area contributed by atoms with Gasteiger partial charge in [-0.3, -0.25) is 19.3 Å². The van der Waals surface area contributed by atoms with Gasteiger partial charge < -0.3 is 4.90 Å². The second-order valence-corrected chi connectivity index (χ2v) is 5.41. The molecule has 0 aromatic heterocycles. The van der Waals surface area contributed by atoms with Crippen LogP contribution in [0.25, 0.3) is 0 Å². The minimum Gasteiger partial charge on any atom is -0.332 e. The fourth-order valence-electron chi connectivity index (χ4n) is 2.26. The molecule has 0 N–H and O–H groups in total. The number of carbonyl (C=O) groups excluding carboxylic acids is 3. The van der Waals surface area contributed by atoms with Crippen LogP contribution in [0, 0.1) is 5.92 Å². The smallest absolute Gasteiger partial charge is 0.289 e. The monoisotopic (exact) mass is 242 g/mol. The fraction of sp³-hybridized carbons (Fsp3) is 0.700. The van der Waals surface area contributed by atoms with Crippen molar-refractivity contribution in [2.75, 3.05) is 12.8 Å². The SMILES string of the molecule is CC(C)C1C(=O)N2C(=O)SCC2C(=O)N1C.